The Labute approximate surface area is 140 Å². The predicted octanol–water partition coefficient (Wildman–Crippen LogP) is 1.69. The molecule has 1 aliphatic heterocycles. The van der Waals surface area contributed by atoms with E-state index < -0.39 is 5.97 Å². The van der Waals surface area contributed by atoms with Gasteiger partial charge in [-0.25, -0.2) is 4.79 Å². The fourth-order valence-corrected chi connectivity index (χ4v) is 3.06. The maximum Gasteiger partial charge on any atom is 0.356 e. The van der Waals surface area contributed by atoms with Crippen molar-refractivity contribution in [1.82, 2.24) is 14.7 Å². The number of hydrogen-bond acceptors (Lipinski definition) is 5. The molecule has 3 rings (SSSR count). The summed E-state index contributed by atoms with van der Waals surface area (Å²) in [4.78, 5) is 13.3. The molecule has 0 fully saturated rings. The van der Waals surface area contributed by atoms with Gasteiger partial charge in [0.1, 0.15) is 0 Å². The van der Waals surface area contributed by atoms with Gasteiger partial charge >= 0.3 is 5.97 Å². The van der Waals surface area contributed by atoms with Gasteiger partial charge in [0, 0.05) is 26.7 Å². The zero-order valence-corrected chi connectivity index (χ0v) is 14.1. The molecular weight excluding hydrogens is 310 g/mol. The molecule has 1 N–H and O–H groups in total. The van der Waals surface area contributed by atoms with Crippen LogP contribution in [0.25, 0.3) is 0 Å². The van der Waals surface area contributed by atoms with E-state index in [0.717, 1.165) is 36.7 Å². The van der Waals surface area contributed by atoms with Crippen molar-refractivity contribution in [2.45, 2.75) is 19.5 Å². The minimum absolute atomic E-state index is 0.0799. The minimum Gasteiger partial charge on any atom is -0.493 e. The summed E-state index contributed by atoms with van der Waals surface area (Å²) in [6.07, 6.45) is 0.916. The number of hydrogen-bond donors (Lipinski definition) is 1. The molecule has 0 saturated heterocycles. The summed E-state index contributed by atoms with van der Waals surface area (Å²) in [6.45, 7) is 2.34. The van der Waals surface area contributed by atoms with E-state index in [-0.39, 0.29) is 5.69 Å². The number of methoxy groups -OCH3 is 2. The first kappa shape index (κ1) is 16.3. The van der Waals surface area contributed by atoms with Crippen LogP contribution < -0.4 is 9.47 Å². The lowest BCUT2D eigenvalue weighted by molar-refractivity contribution is 0.0689. The molecule has 1 aliphatic rings. The highest BCUT2D eigenvalue weighted by molar-refractivity contribution is 5.85. The Morgan fingerprint density at radius 1 is 1.21 bits per heavy atom. The van der Waals surface area contributed by atoms with Crippen LogP contribution >= 0.6 is 0 Å². The van der Waals surface area contributed by atoms with E-state index in [1.54, 1.807) is 32.0 Å². The van der Waals surface area contributed by atoms with Gasteiger partial charge in [0.15, 0.2) is 17.2 Å². The smallest absolute Gasteiger partial charge is 0.356 e. The van der Waals surface area contributed by atoms with Crippen LogP contribution in [-0.2, 0) is 26.6 Å². The van der Waals surface area contributed by atoms with Crippen molar-refractivity contribution in [2.24, 2.45) is 7.05 Å². The first-order valence-corrected chi connectivity index (χ1v) is 7.74. The topological polar surface area (TPSA) is 76.8 Å². The predicted molar refractivity (Wildman–Crippen MR) is 87.5 cm³/mol. The van der Waals surface area contributed by atoms with Crippen LogP contribution in [0.5, 0.6) is 11.5 Å². The number of fused-ring (bicyclic) bond motifs is 1. The molecule has 128 valence electrons. The lowest BCUT2D eigenvalue weighted by atomic mass is 9.98. The van der Waals surface area contributed by atoms with E-state index in [4.69, 9.17) is 14.6 Å². The molecule has 24 heavy (non-hydrogen) atoms. The number of benzene rings is 1. The van der Waals surface area contributed by atoms with Gasteiger partial charge < -0.3 is 14.6 Å². The van der Waals surface area contributed by atoms with E-state index in [2.05, 4.69) is 10.00 Å². The number of carboxylic acid groups (broad SMARTS) is 1. The SMILES string of the molecule is COc1cc2c(cc1OC)CN(Cc1cc(C(=O)O)nn1C)CC2. The van der Waals surface area contributed by atoms with E-state index in [9.17, 15) is 4.79 Å². The molecule has 0 bridgehead atoms. The highest BCUT2D eigenvalue weighted by Gasteiger charge is 2.21. The Hall–Kier alpha value is -2.54. The second kappa shape index (κ2) is 6.52. The molecule has 7 heteroatoms. The van der Waals surface area contributed by atoms with Crippen molar-refractivity contribution in [3.8, 4) is 11.5 Å². The van der Waals surface area contributed by atoms with Crippen LogP contribution in [0.3, 0.4) is 0 Å². The molecule has 2 heterocycles. The number of carboxylic acids is 1. The van der Waals surface area contributed by atoms with E-state index in [0.29, 0.717) is 6.54 Å². The van der Waals surface area contributed by atoms with Crippen molar-refractivity contribution in [3.63, 3.8) is 0 Å². The van der Waals surface area contributed by atoms with E-state index in [1.807, 2.05) is 12.1 Å². The summed E-state index contributed by atoms with van der Waals surface area (Å²) in [6, 6.07) is 5.69. The number of rotatable bonds is 5. The maximum absolute atomic E-state index is 11.0. The highest BCUT2D eigenvalue weighted by atomic mass is 16.5. The van der Waals surface area contributed by atoms with Gasteiger partial charge in [0.05, 0.1) is 19.9 Å². The fourth-order valence-electron chi connectivity index (χ4n) is 3.06. The largest absolute Gasteiger partial charge is 0.493 e. The van der Waals surface area contributed by atoms with Crippen LogP contribution in [0.15, 0.2) is 18.2 Å². The quantitative estimate of drug-likeness (QED) is 0.898. The molecule has 1 aromatic carbocycles. The lowest BCUT2D eigenvalue weighted by Gasteiger charge is -2.29. The Morgan fingerprint density at radius 2 is 1.88 bits per heavy atom. The van der Waals surface area contributed by atoms with Gasteiger partial charge in [0.2, 0.25) is 0 Å². The Bertz CT molecular complexity index is 769. The first-order valence-electron chi connectivity index (χ1n) is 7.74. The first-order chi connectivity index (χ1) is 11.5. The van der Waals surface area contributed by atoms with Gasteiger partial charge in [-0.05, 0) is 35.7 Å². The third-order valence-electron chi connectivity index (χ3n) is 4.38. The standard InChI is InChI=1S/C17H21N3O4/c1-19-13(8-14(18-19)17(21)22)10-20-5-4-11-6-15(23-2)16(24-3)7-12(11)9-20/h6-8H,4-5,9-10H2,1-3H3,(H,21,22). The van der Waals surface area contributed by atoms with Crippen LogP contribution in [0.4, 0.5) is 0 Å². The third kappa shape index (κ3) is 3.07. The van der Waals surface area contributed by atoms with Crippen LogP contribution in [0.1, 0.15) is 27.3 Å². The summed E-state index contributed by atoms with van der Waals surface area (Å²) in [5.41, 5.74) is 3.44. The van der Waals surface area contributed by atoms with Gasteiger partial charge in [0.25, 0.3) is 0 Å². The van der Waals surface area contributed by atoms with E-state index >= 15 is 0 Å². The average molecular weight is 331 g/mol. The molecule has 0 radical (unpaired) electrons. The Kier molecular flexibility index (Phi) is 4.44. The zero-order valence-electron chi connectivity index (χ0n) is 14.1. The summed E-state index contributed by atoms with van der Waals surface area (Å²) in [7, 11) is 5.04. The number of ether oxygens (including phenoxy) is 2. The van der Waals surface area contributed by atoms with Crippen molar-refractivity contribution in [3.05, 3.63) is 40.7 Å². The monoisotopic (exact) mass is 331 g/mol. The maximum atomic E-state index is 11.0. The lowest BCUT2D eigenvalue weighted by Crippen LogP contribution is -2.30. The number of carbonyl (C=O) groups is 1. The van der Waals surface area contributed by atoms with Crippen LogP contribution in [0.2, 0.25) is 0 Å². The van der Waals surface area contributed by atoms with Gasteiger partial charge in [-0.2, -0.15) is 5.10 Å². The molecular formula is C17H21N3O4. The molecule has 7 nitrogen and oxygen atoms in total. The average Bonchev–Trinajstić information content (AvgIpc) is 2.94. The van der Waals surface area contributed by atoms with Crippen molar-refractivity contribution in [2.75, 3.05) is 20.8 Å². The van der Waals surface area contributed by atoms with E-state index in [1.165, 1.54) is 11.1 Å². The van der Waals surface area contributed by atoms with Gasteiger partial charge in [-0.3, -0.25) is 9.58 Å². The molecule has 0 amide bonds. The summed E-state index contributed by atoms with van der Waals surface area (Å²) >= 11 is 0. The second-order valence-electron chi connectivity index (χ2n) is 5.89. The molecule has 1 aromatic heterocycles. The number of aromatic nitrogens is 2. The van der Waals surface area contributed by atoms with Crippen LogP contribution in [-0.4, -0.2) is 46.5 Å². The number of aryl methyl sites for hydroxylation is 1. The number of nitrogens with zero attached hydrogens (tertiary/aromatic N) is 3. The van der Waals surface area contributed by atoms with Crippen LogP contribution in [0, 0.1) is 0 Å². The summed E-state index contributed by atoms with van der Waals surface area (Å²) in [5.74, 6) is 0.479. The van der Waals surface area contributed by atoms with Gasteiger partial charge in [-0.1, -0.05) is 0 Å². The summed E-state index contributed by atoms with van der Waals surface area (Å²) in [5, 5.41) is 13.1. The van der Waals surface area contributed by atoms with Crippen molar-refractivity contribution in [1.29, 1.82) is 0 Å². The molecule has 0 spiro atoms. The van der Waals surface area contributed by atoms with Crippen molar-refractivity contribution >= 4 is 5.97 Å². The molecule has 0 unspecified atom stereocenters. The normalized spacial score (nSPS) is 14.3. The molecule has 0 saturated carbocycles. The minimum atomic E-state index is -1.00. The number of aromatic carboxylic acids is 1. The van der Waals surface area contributed by atoms with Crippen molar-refractivity contribution < 1.29 is 19.4 Å². The third-order valence-corrected chi connectivity index (χ3v) is 4.38. The van der Waals surface area contributed by atoms with Gasteiger partial charge in [-0.15, -0.1) is 0 Å². The highest BCUT2D eigenvalue weighted by Crippen LogP contribution is 2.33. The molecule has 0 aliphatic carbocycles. The zero-order chi connectivity index (χ0) is 17.3. The Balaban J connectivity index is 1.79. The fraction of sp³-hybridized carbons (Fsp3) is 0.412. The second-order valence-corrected chi connectivity index (χ2v) is 5.89. The Morgan fingerprint density at radius 3 is 2.46 bits per heavy atom. The summed E-state index contributed by atoms with van der Waals surface area (Å²) < 4.78 is 12.4. The molecule has 0 atom stereocenters. The molecule has 2 aromatic rings.